The number of halogens is 1. The Kier molecular flexibility index (Phi) is 3.95. The summed E-state index contributed by atoms with van der Waals surface area (Å²) in [5.41, 5.74) is 0.790. The van der Waals surface area contributed by atoms with Gasteiger partial charge in [0.2, 0.25) is 5.03 Å². The van der Waals surface area contributed by atoms with Crippen LogP contribution in [0.25, 0.3) is 0 Å². The molecule has 0 aromatic carbocycles. The van der Waals surface area contributed by atoms with Gasteiger partial charge < -0.3 is 8.98 Å². The maximum atomic E-state index is 12.3. The number of imidazole rings is 1. The van der Waals surface area contributed by atoms with Crippen LogP contribution in [0.5, 0.6) is 0 Å². The molecule has 1 atom stereocenters. The van der Waals surface area contributed by atoms with E-state index in [2.05, 4.69) is 9.71 Å². The lowest BCUT2D eigenvalue weighted by molar-refractivity contribution is 0.496. The monoisotopic (exact) mass is 317 g/mol. The van der Waals surface area contributed by atoms with Gasteiger partial charge in [0.25, 0.3) is 10.0 Å². The highest BCUT2D eigenvalue weighted by Gasteiger charge is 2.26. The standard InChI is InChI=1S/C12H16ClN3O3S/c1-7-5-10(9(3)19-7)8(2)15-20(17,18)12-11(13)16(4)6-14-12/h5-6,8,15H,1-4H3. The van der Waals surface area contributed by atoms with Crippen LogP contribution in [0.4, 0.5) is 0 Å². The predicted octanol–water partition coefficient (Wildman–Crippen LogP) is 2.32. The van der Waals surface area contributed by atoms with E-state index in [-0.39, 0.29) is 10.2 Å². The number of nitrogens with one attached hydrogen (secondary N) is 1. The molecule has 1 N–H and O–H groups in total. The average Bonchev–Trinajstić information content (AvgIpc) is 2.83. The molecule has 2 heterocycles. The first-order valence-electron chi connectivity index (χ1n) is 5.98. The third kappa shape index (κ3) is 2.74. The number of rotatable bonds is 4. The van der Waals surface area contributed by atoms with Crippen molar-refractivity contribution in [3.63, 3.8) is 0 Å². The van der Waals surface area contributed by atoms with E-state index in [1.54, 1.807) is 20.9 Å². The molecule has 0 aliphatic carbocycles. The Labute approximate surface area is 122 Å². The Morgan fingerprint density at radius 2 is 2.10 bits per heavy atom. The summed E-state index contributed by atoms with van der Waals surface area (Å²) in [6.07, 6.45) is 1.36. The largest absolute Gasteiger partial charge is 0.466 e. The summed E-state index contributed by atoms with van der Waals surface area (Å²) in [6, 6.07) is 1.37. The second-order valence-electron chi connectivity index (χ2n) is 4.66. The van der Waals surface area contributed by atoms with Crippen molar-refractivity contribution >= 4 is 21.6 Å². The van der Waals surface area contributed by atoms with Crippen LogP contribution in [0.1, 0.15) is 30.0 Å². The third-order valence-electron chi connectivity index (χ3n) is 2.97. The highest BCUT2D eigenvalue weighted by molar-refractivity contribution is 7.89. The molecule has 0 bridgehead atoms. The first-order chi connectivity index (χ1) is 9.22. The topological polar surface area (TPSA) is 77.1 Å². The molecule has 0 radical (unpaired) electrons. The van der Waals surface area contributed by atoms with Crippen molar-refractivity contribution in [2.45, 2.75) is 31.8 Å². The number of furan rings is 1. The van der Waals surface area contributed by atoms with E-state index in [9.17, 15) is 8.42 Å². The smallest absolute Gasteiger partial charge is 0.261 e. The summed E-state index contributed by atoms with van der Waals surface area (Å²) in [6.45, 7) is 5.35. The van der Waals surface area contributed by atoms with E-state index >= 15 is 0 Å². The highest BCUT2D eigenvalue weighted by atomic mass is 35.5. The molecule has 0 saturated carbocycles. The minimum atomic E-state index is -3.78. The number of sulfonamides is 1. The Balaban J connectivity index is 2.29. The summed E-state index contributed by atoms with van der Waals surface area (Å²) in [7, 11) is -2.15. The van der Waals surface area contributed by atoms with Gasteiger partial charge in [0, 0.05) is 18.7 Å². The molecule has 110 valence electrons. The van der Waals surface area contributed by atoms with Crippen molar-refractivity contribution in [3.05, 3.63) is 34.6 Å². The predicted molar refractivity (Wildman–Crippen MR) is 75.1 cm³/mol. The number of aromatic nitrogens is 2. The van der Waals surface area contributed by atoms with Gasteiger partial charge in [-0.25, -0.2) is 18.1 Å². The zero-order valence-electron chi connectivity index (χ0n) is 11.6. The van der Waals surface area contributed by atoms with Gasteiger partial charge >= 0.3 is 0 Å². The van der Waals surface area contributed by atoms with Gasteiger partial charge in [-0.05, 0) is 26.8 Å². The molecule has 1 unspecified atom stereocenters. The number of hydrogen-bond donors (Lipinski definition) is 1. The van der Waals surface area contributed by atoms with Gasteiger partial charge in [0.1, 0.15) is 16.7 Å². The minimum absolute atomic E-state index is 0.0739. The molecule has 6 nitrogen and oxygen atoms in total. The van der Waals surface area contributed by atoms with E-state index < -0.39 is 16.1 Å². The number of nitrogens with zero attached hydrogens (tertiary/aromatic N) is 2. The molecule has 8 heteroatoms. The molecule has 20 heavy (non-hydrogen) atoms. The van der Waals surface area contributed by atoms with E-state index in [4.69, 9.17) is 16.0 Å². The normalized spacial score (nSPS) is 13.7. The first kappa shape index (κ1) is 15.1. The fourth-order valence-corrected chi connectivity index (χ4v) is 3.66. The summed E-state index contributed by atoms with van der Waals surface area (Å²) in [4.78, 5) is 3.82. The van der Waals surface area contributed by atoms with Crippen LogP contribution >= 0.6 is 11.6 Å². The summed E-state index contributed by atoms with van der Waals surface area (Å²) in [5, 5.41) is -0.101. The lowest BCUT2D eigenvalue weighted by Crippen LogP contribution is -2.27. The van der Waals surface area contributed by atoms with Gasteiger partial charge in [-0.2, -0.15) is 0 Å². The van der Waals surface area contributed by atoms with Gasteiger partial charge in [0.05, 0.1) is 6.33 Å². The van der Waals surface area contributed by atoms with Crippen molar-refractivity contribution in [3.8, 4) is 0 Å². The fraction of sp³-hybridized carbons (Fsp3) is 0.417. The van der Waals surface area contributed by atoms with Crippen LogP contribution in [-0.2, 0) is 17.1 Å². The van der Waals surface area contributed by atoms with Crippen LogP contribution in [-0.4, -0.2) is 18.0 Å². The van der Waals surface area contributed by atoms with Gasteiger partial charge in [-0.15, -0.1) is 0 Å². The minimum Gasteiger partial charge on any atom is -0.466 e. The maximum Gasteiger partial charge on any atom is 0.261 e. The molecule has 2 rings (SSSR count). The molecular formula is C12H16ClN3O3S. The zero-order valence-corrected chi connectivity index (χ0v) is 13.2. The van der Waals surface area contributed by atoms with Crippen LogP contribution in [0.15, 0.2) is 21.8 Å². The molecule has 0 saturated heterocycles. The third-order valence-corrected chi connectivity index (χ3v) is 5.00. The molecule has 0 amide bonds. The fourth-order valence-electron chi connectivity index (χ4n) is 2.01. The van der Waals surface area contributed by atoms with Crippen molar-refractivity contribution in [2.24, 2.45) is 7.05 Å². The van der Waals surface area contributed by atoms with E-state index in [0.29, 0.717) is 5.76 Å². The van der Waals surface area contributed by atoms with E-state index in [1.165, 1.54) is 10.9 Å². The SMILES string of the molecule is Cc1cc(C(C)NS(=O)(=O)c2ncn(C)c2Cl)c(C)o1. The summed E-state index contributed by atoms with van der Waals surface area (Å²) >= 11 is 5.92. The Bertz CT molecular complexity index is 733. The molecule has 0 aliphatic heterocycles. The lowest BCUT2D eigenvalue weighted by Gasteiger charge is -2.12. The summed E-state index contributed by atoms with van der Waals surface area (Å²) in [5.74, 6) is 1.42. The lowest BCUT2D eigenvalue weighted by atomic mass is 10.1. The molecule has 2 aromatic heterocycles. The van der Waals surface area contributed by atoms with Crippen LogP contribution in [0.3, 0.4) is 0 Å². The van der Waals surface area contributed by atoms with Crippen LogP contribution in [0.2, 0.25) is 5.15 Å². The van der Waals surface area contributed by atoms with E-state index in [0.717, 1.165) is 11.3 Å². The van der Waals surface area contributed by atoms with E-state index in [1.807, 2.05) is 13.0 Å². The summed E-state index contributed by atoms with van der Waals surface area (Å²) < 4.78 is 33.9. The molecule has 0 fully saturated rings. The van der Waals surface area contributed by atoms with Crippen LogP contribution < -0.4 is 4.72 Å². The van der Waals surface area contributed by atoms with Crippen LogP contribution in [0, 0.1) is 13.8 Å². The molecule has 2 aromatic rings. The first-order valence-corrected chi connectivity index (χ1v) is 7.84. The van der Waals surface area contributed by atoms with Gasteiger partial charge in [-0.3, -0.25) is 0 Å². The van der Waals surface area contributed by atoms with Crippen molar-refractivity contribution in [1.82, 2.24) is 14.3 Å². The molecule has 0 spiro atoms. The number of hydrogen-bond acceptors (Lipinski definition) is 4. The van der Waals surface area contributed by atoms with Gasteiger partial charge in [0.15, 0.2) is 0 Å². The Hall–Kier alpha value is -1.31. The maximum absolute atomic E-state index is 12.3. The number of aryl methyl sites for hydroxylation is 3. The Morgan fingerprint density at radius 3 is 2.55 bits per heavy atom. The molecule has 0 aliphatic rings. The molecular weight excluding hydrogens is 302 g/mol. The van der Waals surface area contributed by atoms with Crippen molar-refractivity contribution in [2.75, 3.05) is 0 Å². The quantitative estimate of drug-likeness (QED) is 0.938. The van der Waals surface area contributed by atoms with Crippen molar-refractivity contribution in [1.29, 1.82) is 0 Å². The second-order valence-corrected chi connectivity index (χ2v) is 6.65. The average molecular weight is 318 g/mol. The highest BCUT2D eigenvalue weighted by Crippen LogP contribution is 2.24. The zero-order chi connectivity index (χ0) is 15.1. The van der Waals surface area contributed by atoms with Crippen molar-refractivity contribution < 1.29 is 12.8 Å². The Morgan fingerprint density at radius 1 is 1.45 bits per heavy atom. The second kappa shape index (κ2) is 5.23. The van der Waals surface area contributed by atoms with Gasteiger partial charge in [-0.1, -0.05) is 11.6 Å².